The van der Waals surface area contributed by atoms with E-state index in [4.69, 9.17) is 36.9 Å². The third kappa shape index (κ3) is 8.49. The normalized spacial score (nSPS) is 13.9. The van der Waals surface area contributed by atoms with Crippen molar-refractivity contribution in [1.29, 1.82) is 0 Å². The Hall–Kier alpha value is -3.76. The third-order valence-corrected chi connectivity index (χ3v) is 8.18. The van der Waals surface area contributed by atoms with Crippen LogP contribution >= 0.6 is 36.4 Å². The molecule has 0 spiro atoms. The molecule has 1 fully saturated rings. The molecule has 4 aromatic rings. The van der Waals surface area contributed by atoms with Gasteiger partial charge in [-0.15, -0.1) is 24.8 Å². The number of aryl methyl sites for hydroxylation is 1. The number of rotatable bonds is 10. The molecule has 0 atom stereocenters. The highest BCUT2D eigenvalue weighted by molar-refractivity contribution is 6.30. The lowest BCUT2D eigenvalue weighted by Crippen LogP contribution is -2.48. The minimum Gasteiger partial charge on any atom is -0.492 e. The molecule has 0 unspecified atom stereocenters. The van der Waals surface area contributed by atoms with E-state index in [-0.39, 0.29) is 37.2 Å². The number of nitrogens with zero attached hydrogens (tertiary/aromatic N) is 4. The number of hydrogen-bond donors (Lipinski definition) is 2. The molecule has 2 aliphatic rings. The van der Waals surface area contributed by atoms with Crippen LogP contribution in [0.4, 0.5) is 11.8 Å². The Labute approximate surface area is 280 Å². The van der Waals surface area contributed by atoms with Crippen LogP contribution in [-0.4, -0.2) is 65.3 Å². The molecule has 0 saturated carbocycles. The van der Waals surface area contributed by atoms with E-state index in [0.29, 0.717) is 18.2 Å². The Morgan fingerprint density at radius 1 is 0.867 bits per heavy atom. The Kier molecular flexibility index (Phi) is 11.7. The number of carboxylic acid groups (broad SMARTS) is 1. The minimum absolute atomic E-state index is 0. The van der Waals surface area contributed by atoms with Crippen LogP contribution < -0.4 is 20.1 Å². The van der Waals surface area contributed by atoms with E-state index in [9.17, 15) is 4.79 Å². The van der Waals surface area contributed by atoms with Crippen LogP contribution in [0.1, 0.15) is 22.3 Å². The Morgan fingerprint density at radius 2 is 1.56 bits per heavy atom. The summed E-state index contributed by atoms with van der Waals surface area (Å²) in [6, 6.07) is 21.1. The molecule has 6 rings (SSSR count). The van der Waals surface area contributed by atoms with Crippen LogP contribution in [0.2, 0.25) is 5.02 Å². The summed E-state index contributed by atoms with van der Waals surface area (Å²) in [6.45, 7) is 5.33. The Balaban J connectivity index is 0.00000230. The quantitative estimate of drug-likeness (QED) is 0.218. The van der Waals surface area contributed by atoms with Gasteiger partial charge in [0.05, 0.1) is 12.1 Å². The maximum Gasteiger partial charge on any atom is 0.307 e. The van der Waals surface area contributed by atoms with E-state index in [2.05, 4.69) is 26.9 Å². The monoisotopic (exact) mass is 671 g/mol. The molecule has 2 heterocycles. The first kappa shape index (κ1) is 34.1. The minimum atomic E-state index is -0.839. The van der Waals surface area contributed by atoms with E-state index in [1.54, 1.807) is 12.1 Å². The fraction of sp³-hybridized carbons (Fsp3) is 0.303. The van der Waals surface area contributed by atoms with Crippen molar-refractivity contribution in [2.75, 3.05) is 50.0 Å². The molecule has 238 valence electrons. The summed E-state index contributed by atoms with van der Waals surface area (Å²) in [4.78, 5) is 24.9. The van der Waals surface area contributed by atoms with Gasteiger partial charge in [-0.05, 0) is 72.0 Å². The summed E-state index contributed by atoms with van der Waals surface area (Å²) in [5.41, 5.74) is 12.4. The molecular formula is C33H36Cl3N5O4. The molecule has 9 nitrogen and oxygen atoms in total. The van der Waals surface area contributed by atoms with Crippen LogP contribution in [0.5, 0.6) is 11.5 Å². The van der Waals surface area contributed by atoms with Gasteiger partial charge in [0.25, 0.3) is 0 Å². The van der Waals surface area contributed by atoms with Gasteiger partial charge in [-0.1, -0.05) is 35.9 Å². The van der Waals surface area contributed by atoms with Crippen LogP contribution in [-0.2, 0) is 30.7 Å². The Morgan fingerprint density at radius 3 is 2.27 bits per heavy atom. The second kappa shape index (κ2) is 15.5. The molecular weight excluding hydrogens is 637 g/mol. The highest BCUT2D eigenvalue weighted by Gasteiger charge is 2.27. The lowest BCUT2D eigenvalue weighted by molar-refractivity contribution is -0.136. The second-order valence-electron chi connectivity index (χ2n) is 10.9. The van der Waals surface area contributed by atoms with Crippen molar-refractivity contribution in [3.05, 3.63) is 94.0 Å². The maximum absolute atomic E-state index is 10.9. The first-order chi connectivity index (χ1) is 20.9. The first-order valence-electron chi connectivity index (χ1n) is 14.5. The van der Waals surface area contributed by atoms with Gasteiger partial charge < -0.3 is 25.2 Å². The number of carboxylic acids is 1. The van der Waals surface area contributed by atoms with Crippen molar-refractivity contribution in [2.24, 2.45) is 0 Å². The molecule has 1 aliphatic carbocycles. The van der Waals surface area contributed by atoms with Crippen molar-refractivity contribution in [3.8, 4) is 22.8 Å². The van der Waals surface area contributed by atoms with Gasteiger partial charge in [-0.3, -0.25) is 9.69 Å². The standard InChI is InChI=1S/C33H34ClN5O4.2ClH/c34-25-6-1-23(2-7-25)21-43-27-10-12-28-24(20-27)5-11-29-31(28)36-33(35)37-32(29)39-15-13-38(14-16-39)17-18-42-26-8-3-22(4-9-26)19-30(40)41;;/h1-4,6-10,12,20H,5,11,13-19,21H2,(H,40,41)(H2,35,36,37);2*1H. The zero-order valence-corrected chi connectivity index (χ0v) is 27.0. The number of benzene rings is 3. The average Bonchev–Trinajstić information content (AvgIpc) is 3.01. The van der Waals surface area contributed by atoms with E-state index < -0.39 is 5.97 Å². The molecule has 12 heteroatoms. The highest BCUT2D eigenvalue weighted by atomic mass is 35.5. The lowest BCUT2D eigenvalue weighted by atomic mass is 9.88. The smallest absolute Gasteiger partial charge is 0.307 e. The molecule has 0 radical (unpaired) electrons. The molecule has 1 saturated heterocycles. The number of fused-ring (bicyclic) bond motifs is 3. The fourth-order valence-electron chi connectivity index (χ4n) is 5.66. The molecule has 3 aromatic carbocycles. The van der Waals surface area contributed by atoms with Crippen LogP contribution in [0.25, 0.3) is 11.3 Å². The van der Waals surface area contributed by atoms with Gasteiger partial charge >= 0.3 is 5.97 Å². The fourth-order valence-corrected chi connectivity index (χ4v) is 5.79. The van der Waals surface area contributed by atoms with Gasteiger partial charge in [-0.25, -0.2) is 4.98 Å². The number of aromatic nitrogens is 2. The SMILES string of the molecule is Cl.Cl.Nc1nc2c(c(N3CCN(CCOc4ccc(CC(=O)O)cc4)CC3)n1)CCc1cc(OCc3ccc(Cl)cc3)ccc1-2. The maximum atomic E-state index is 10.9. The van der Waals surface area contributed by atoms with Crippen LogP contribution in [0.3, 0.4) is 0 Å². The molecule has 3 N–H and O–H groups in total. The largest absolute Gasteiger partial charge is 0.492 e. The summed E-state index contributed by atoms with van der Waals surface area (Å²) >= 11 is 6.00. The van der Waals surface area contributed by atoms with Crippen molar-refractivity contribution >= 4 is 54.2 Å². The van der Waals surface area contributed by atoms with E-state index in [1.807, 2.05) is 42.5 Å². The predicted molar refractivity (Wildman–Crippen MR) is 181 cm³/mol. The number of carbonyl (C=O) groups is 1. The van der Waals surface area contributed by atoms with Gasteiger partial charge in [0.1, 0.15) is 30.5 Å². The lowest BCUT2D eigenvalue weighted by Gasteiger charge is -2.37. The first-order valence-corrected chi connectivity index (χ1v) is 14.9. The molecule has 1 aromatic heterocycles. The van der Waals surface area contributed by atoms with Crippen molar-refractivity contribution in [3.63, 3.8) is 0 Å². The number of piperazine rings is 1. The topological polar surface area (TPSA) is 114 Å². The molecule has 45 heavy (non-hydrogen) atoms. The van der Waals surface area contributed by atoms with Crippen LogP contribution in [0, 0.1) is 0 Å². The summed E-state index contributed by atoms with van der Waals surface area (Å²) in [7, 11) is 0. The van der Waals surface area contributed by atoms with E-state index in [0.717, 1.165) is 90.8 Å². The van der Waals surface area contributed by atoms with Crippen molar-refractivity contribution < 1.29 is 19.4 Å². The summed E-state index contributed by atoms with van der Waals surface area (Å²) in [6.07, 6.45) is 1.74. The predicted octanol–water partition coefficient (Wildman–Crippen LogP) is 5.73. The number of ether oxygens (including phenoxy) is 2. The van der Waals surface area contributed by atoms with E-state index in [1.165, 1.54) is 5.56 Å². The van der Waals surface area contributed by atoms with Gasteiger partial charge in [-0.2, -0.15) is 4.98 Å². The van der Waals surface area contributed by atoms with Crippen molar-refractivity contribution in [1.82, 2.24) is 14.9 Å². The number of anilines is 2. The Bertz CT molecular complexity index is 1600. The van der Waals surface area contributed by atoms with Crippen molar-refractivity contribution in [2.45, 2.75) is 25.9 Å². The summed E-state index contributed by atoms with van der Waals surface area (Å²) in [5.74, 6) is 1.96. The number of nitrogen functional groups attached to an aromatic ring is 1. The zero-order chi connectivity index (χ0) is 29.8. The zero-order valence-electron chi connectivity index (χ0n) is 24.7. The van der Waals surface area contributed by atoms with E-state index >= 15 is 0 Å². The highest BCUT2D eigenvalue weighted by Crippen LogP contribution is 2.38. The number of aliphatic carboxylic acids is 1. The molecule has 1 aliphatic heterocycles. The average molecular weight is 673 g/mol. The number of halogens is 3. The summed E-state index contributed by atoms with van der Waals surface area (Å²) < 4.78 is 12.0. The second-order valence-corrected chi connectivity index (χ2v) is 11.3. The van der Waals surface area contributed by atoms with Gasteiger partial charge in [0.2, 0.25) is 5.95 Å². The molecule has 0 amide bonds. The number of hydrogen-bond acceptors (Lipinski definition) is 8. The number of nitrogens with two attached hydrogens (primary N) is 1. The van der Waals surface area contributed by atoms with Crippen LogP contribution in [0.15, 0.2) is 66.7 Å². The third-order valence-electron chi connectivity index (χ3n) is 7.92. The van der Waals surface area contributed by atoms with Gasteiger partial charge in [0, 0.05) is 48.9 Å². The summed E-state index contributed by atoms with van der Waals surface area (Å²) in [5, 5.41) is 9.64. The van der Waals surface area contributed by atoms with Gasteiger partial charge in [0.15, 0.2) is 0 Å². The molecule has 0 bridgehead atoms.